The Bertz CT molecular complexity index is 893. The molecule has 2 heterocycles. The number of aryl methyl sites for hydroxylation is 1. The van der Waals surface area contributed by atoms with Crippen molar-refractivity contribution in [3.8, 4) is 28.7 Å². The molecule has 0 aliphatic rings. The molecule has 0 amide bonds. The fourth-order valence-corrected chi connectivity index (χ4v) is 2.51. The van der Waals surface area contributed by atoms with E-state index in [1.54, 1.807) is 12.1 Å². The number of nitrogens with zero attached hydrogens (tertiary/aromatic N) is 2. The van der Waals surface area contributed by atoms with Crippen molar-refractivity contribution in [3.63, 3.8) is 0 Å². The molecule has 0 atom stereocenters. The summed E-state index contributed by atoms with van der Waals surface area (Å²) in [6, 6.07) is 14.8. The summed E-state index contributed by atoms with van der Waals surface area (Å²) in [6.45, 7) is 1.85. The minimum atomic E-state index is 0.156. The molecule has 3 rings (SSSR count). The molecule has 2 N–H and O–H groups in total. The smallest absolute Gasteiger partial charge is 0.152 e. The summed E-state index contributed by atoms with van der Waals surface area (Å²) in [7, 11) is 0. The van der Waals surface area contributed by atoms with Crippen molar-refractivity contribution in [3.05, 3.63) is 58.8 Å². The minimum absolute atomic E-state index is 0.156. The zero-order valence-corrected chi connectivity index (χ0v) is 12.6. The van der Waals surface area contributed by atoms with Gasteiger partial charge in [0.1, 0.15) is 28.9 Å². The van der Waals surface area contributed by atoms with Gasteiger partial charge >= 0.3 is 0 Å². The summed E-state index contributed by atoms with van der Waals surface area (Å²) in [5.74, 6) is 1.53. The number of hydrogen-bond donors (Lipinski definition) is 1. The van der Waals surface area contributed by atoms with E-state index in [-0.39, 0.29) is 5.82 Å². The molecule has 2 aromatic heterocycles. The van der Waals surface area contributed by atoms with Crippen LogP contribution < -0.4 is 5.73 Å². The molecule has 0 fully saturated rings. The first-order valence-electron chi connectivity index (χ1n) is 6.62. The monoisotopic (exact) mass is 309 g/mol. The summed E-state index contributed by atoms with van der Waals surface area (Å²) < 4.78 is 5.59. The Labute approximate surface area is 132 Å². The van der Waals surface area contributed by atoms with Crippen LogP contribution in [0.1, 0.15) is 11.3 Å². The molecule has 0 saturated heterocycles. The third-order valence-corrected chi connectivity index (χ3v) is 3.65. The Morgan fingerprint density at radius 1 is 1.18 bits per heavy atom. The highest BCUT2D eigenvalue weighted by Crippen LogP contribution is 2.35. The van der Waals surface area contributed by atoms with E-state index in [4.69, 9.17) is 21.8 Å². The van der Waals surface area contributed by atoms with Crippen LogP contribution in [-0.4, -0.2) is 4.98 Å². The van der Waals surface area contributed by atoms with Crippen LogP contribution in [0, 0.1) is 18.3 Å². The lowest BCUT2D eigenvalue weighted by atomic mass is 10.00. The fraction of sp³-hybridized carbons (Fsp3) is 0.0588. The Kier molecular flexibility index (Phi) is 3.58. The summed E-state index contributed by atoms with van der Waals surface area (Å²) in [4.78, 5) is 4.26. The molecule has 0 bridgehead atoms. The van der Waals surface area contributed by atoms with Gasteiger partial charge in [-0.05, 0) is 31.2 Å². The average Bonchev–Trinajstić information content (AvgIpc) is 2.93. The van der Waals surface area contributed by atoms with Crippen LogP contribution in [0.3, 0.4) is 0 Å². The summed E-state index contributed by atoms with van der Waals surface area (Å²) in [5, 5.41) is 9.93. The molecule has 3 aromatic rings. The second-order valence-corrected chi connectivity index (χ2v) is 5.22. The zero-order chi connectivity index (χ0) is 15.7. The van der Waals surface area contributed by atoms with Gasteiger partial charge in [0.15, 0.2) is 5.76 Å². The number of anilines is 1. The summed E-state index contributed by atoms with van der Waals surface area (Å²) >= 11 is 6.25. The maximum Gasteiger partial charge on any atom is 0.152 e. The molecule has 0 spiro atoms. The highest BCUT2D eigenvalue weighted by molar-refractivity contribution is 6.33. The van der Waals surface area contributed by atoms with Gasteiger partial charge in [-0.3, -0.25) is 0 Å². The first-order valence-corrected chi connectivity index (χ1v) is 7.00. The maximum atomic E-state index is 9.38. The second-order valence-electron chi connectivity index (χ2n) is 4.82. The van der Waals surface area contributed by atoms with Crippen LogP contribution in [0.15, 0.2) is 46.9 Å². The Morgan fingerprint density at radius 3 is 2.59 bits per heavy atom. The third kappa shape index (κ3) is 2.43. The first-order chi connectivity index (χ1) is 10.6. The number of nitrogens with two attached hydrogens (primary N) is 1. The van der Waals surface area contributed by atoms with E-state index in [2.05, 4.69) is 11.1 Å². The van der Waals surface area contributed by atoms with Crippen molar-refractivity contribution in [2.24, 2.45) is 0 Å². The normalized spacial score (nSPS) is 10.4. The lowest BCUT2D eigenvalue weighted by Crippen LogP contribution is -1.99. The molecular weight excluding hydrogens is 298 g/mol. The molecule has 5 heteroatoms. The molecule has 0 radical (unpaired) electrons. The van der Waals surface area contributed by atoms with Gasteiger partial charge in [0.2, 0.25) is 0 Å². The van der Waals surface area contributed by atoms with Crippen molar-refractivity contribution in [1.82, 2.24) is 4.98 Å². The number of rotatable bonds is 2. The number of nitrogen functional groups attached to an aromatic ring is 1. The van der Waals surface area contributed by atoms with Crippen LogP contribution in [0.2, 0.25) is 5.02 Å². The van der Waals surface area contributed by atoms with Crippen molar-refractivity contribution in [2.75, 3.05) is 5.73 Å². The van der Waals surface area contributed by atoms with Crippen molar-refractivity contribution in [1.29, 1.82) is 5.26 Å². The van der Waals surface area contributed by atoms with E-state index in [1.807, 2.05) is 37.3 Å². The van der Waals surface area contributed by atoms with E-state index in [1.165, 1.54) is 0 Å². The van der Waals surface area contributed by atoms with Gasteiger partial charge in [-0.15, -0.1) is 0 Å². The summed E-state index contributed by atoms with van der Waals surface area (Å²) in [6.07, 6.45) is 0. The van der Waals surface area contributed by atoms with E-state index in [0.29, 0.717) is 27.6 Å². The van der Waals surface area contributed by atoms with Gasteiger partial charge in [-0.1, -0.05) is 29.8 Å². The Balaban J connectivity index is 2.27. The van der Waals surface area contributed by atoms with Crippen molar-refractivity contribution >= 4 is 17.4 Å². The second kappa shape index (κ2) is 5.55. The number of benzene rings is 1. The fourth-order valence-electron chi connectivity index (χ4n) is 2.27. The maximum absolute atomic E-state index is 9.38. The lowest BCUT2D eigenvalue weighted by Gasteiger charge is -2.10. The van der Waals surface area contributed by atoms with Crippen LogP contribution in [0.25, 0.3) is 22.6 Å². The van der Waals surface area contributed by atoms with Gasteiger partial charge in [0.25, 0.3) is 0 Å². The van der Waals surface area contributed by atoms with Crippen LogP contribution in [-0.2, 0) is 0 Å². The number of pyridine rings is 1. The average molecular weight is 310 g/mol. The number of hydrogen-bond acceptors (Lipinski definition) is 4. The highest BCUT2D eigenvalue weighted by atomic mass is 35.5. The van der Waals surface area contributed by atoms with Crippen LogP contribution in [0.5, 0.6) is 0 Å². The molecule has 0 aliphatic carbocycles. The molecule has 22 heavy (non-hydrogen) atoms. The molecule has 108 valence electrons. The Hall–Kier alpha value is -2.77. The number of nitriles is 1. The third-order valence-electron chi connectivity index (χ3n) is 3.32. The molecule has 4 nitrogen and oxygen atoms in total. The topological polar surface area (TPSA) is 75.8 Å². The van der Waals surface area contributed by atoms with Crippen LogP contribution >= 0.6 is 11.6 Å². The van der Waals surface area contributed by atoms with Gasteiger partial charge in [-0.25, -0.2) is 4.98 Å². The van der Waals surface area contributed by atoms with Gasteiger partial charge in [0, 0.05) is 16.1 Å². The quantitative estimate of drug-likeness (QED) is 0.760. The van der Waals surface area contributed by atoms with Crippen molar-refractivity contribution in [2.45, 2.75) is 6.92 Å². The first kappa shape index (κ1) is 14.2. The Morgan fingerprint density at radius 2 is 1.95 bits per heavy atom. The van der Waals surface area contributed by atoms with E-state index < -0.39 is 0 Å². The summed E-state index contributed by atoms with van der Waals surface area (Å²) in [5.41, 5.74) is 8.20. The zero-order valence-electron chi connectivity index (χ0n) is 11.8. The van der Waals surface area contributed by atoms with Crippen molar-refractivity contribution < 1.29 is 4.42 Å². The number of aromatic nitrogens is 1. The lowest BCUT2D eigenvalue weighted by molar-refractivity contribution is 0.546. The predicted octanol–water partition coefficient (Wildman–Crippen LogP) is 4.42. The molecule has 1 aromatic carbocycles. The SMILES string of the molecule is Cc1ccc(-c2cc(-c3ccccc3Cl)c(C#N)c(N)n2)o1. The highest BCUT2D eigenvalue weighted by Gasteiger charge is 2.16. The minimum Gasteiger partial charge on any atom is -0.460 e. The standard InChI is InChI=1S/C17H12ClN3O/c1-10-6-7-16(22-10)15-8-12(13(9-19)17(20)21-15)11-4-2-3-5-14(11)18/h2-8H,1H3,(H2,20,21). The molecule has 0 aliphatic heterocycles. The van der Waals surface area contributed by atoms with E-state index in [0.717, 1.165) is 11.3 Å². The molecule has 0 unspecified atom stereocenters. The molecule has 0 saturated carbocycles. The van der Waals surface area contributed by atoms with Gasteiger partial charge in [0.05, 0.1) is 0 Å². The number of halogens is 1. The van der Waals surface area contributed by atoms with E-state index >= 15 is 0 Å². The molecular formula is C17H12ClN3O. The largest absolute Gasteiger partial charge is 0.460 e. The van der Waals surface area contributed by atoms with Gasteiger partial charge < -0.3 is 10.2 Å². The van der Waals surface area contributed by atoms with Crippen LogP contribution in [0.4, 0.5) is 5.82 Å². The van der Waals surface area contributed by atoms with E-state index in [9.17, 15) is 5.26 Å². The predicted molar refractivity (Wildman–Crippen MR) is 86.2 cm³/mol. The van der Waals surface area contributed by atoms with Gasteiger partial charge in [-0.2, -0.15) is 5.26 Å². The number of furan rings is 1.